The van der Waals surface area contributed by atoms with Crippen molar-refractivity contribution in [1.29, 1.82) is 0 Å². The van der Waals surface area contributed by atoms with E-state index in [4.69, 9.17) is 21.9 Å². The highest BCUT2D eigenvalue weighted by Crippen LogP contribution is 2.33. The second-order valence-corrected chi connectivity index (χ2v) is 9.70. The molecule has 0 aromatic carbocycles. The summed E-state index contributed by atoms with van der Waals surface area (Å²) in [6, 6.07) is 3.73. The van der Waals surface area contributed by atoms with Crippen molar-refractivity contribution >= 4 is 51.7 Å². The number of nitrogens with zero attached hydrogens (tertiary/aromatic N) is 5. The Morgan fingerprint density at radius 2 is 2.09 bits per heavy atom. The summed E-state index contributed by atoms with van der Waals surface area (Å²) in [7, 11) is 0. The first-order valence-electron chi connectivity index (χ1n) is 11.5. The fourth-order valence-electron chi connectivity index (χ4n) is 3.76. The topological polar surface area (TPSA) is 93.8 Å². The minimum Gasteiger partial charge on any atom is -0.382 e. The van der Waals surface area contributed by atoms with Gasteiger partial charge in [0.05, 0.1) is 16.8 Å². The van der Waals surface area contributed by atoms with E-state index in [1.165, 1.54) is 16.2 Å². The maximum atomic E-state index is 13.5. The van der Waals surface area contributed by atoms with Crippen LogP contribution in [0.5, 0.6) is 0 Å². The van der Waals surface area contributed by atoms with Crippen LogP contribution in [0.3, 0.4) is 0 Å². The number of imidazole rings is 1. The van der Waals surface area contributed by atoms with Gasteiger partial charge in [0.15, 0.2) is 0 Å². The van der Waals surface area contributed by atoms with Gasteiger partial charge in [0, 0.05) is 51.4 Å². The summed E-state index contributed by atoms with van der Waals surface area (Å²) in [5.41, 5.74) is 1.57. The lowest BCUT2D eigenvalue weighted by atomic mass is 10.2. The lowest BCUT2D eigenvalue weighted by Crippen LogP contribution is -2.29. The summed E-state index contributed by atoms with van der Waals surface area (Å²) < 4.78 is 9.36. The van der Waals surface area contributed by atoms with Crippen LogP contribution >= 0.6 is 24.0 Å². The van der Waals surface area contributed by atoms with Crippen molar-refractivity contribution in [1.82, 2.24) is 23.8 Å². The number of nitrogens with one attached hydrogen (secondary N) is 1. The van der Waals surface area contributed by atoms with Crippen molar-refractivity contribution in [3.05, 3.63) is 63.4 Å². The number of fused-ring (bicyclic) bond motifs is 1. The predicted molar refractivity (Wildman–Crippen MR) is 143 cm³/mol. The van der Waals surface area contributed by atoms with Gasteiger partial charge in [0.1, 0.15) is 15.8 Å². The summed E-state index contributed by atoms with van der Waals surface area (Å²) >= 11 is 6.64. The highest BCUT2D eigenvalue weighted by atomic mass is 32.2. The van der Waals surface area contributed by atoms with E-state index in [9.17, 15) is 9.59 Å². The smallest absolute Gasteiger partial charge is 0.267 e. The third kappa shape index (κ3) is 5.80. The molecule has 9 nitrogen and oxygen atoms in total. The molecule has 3 aromatic rings. The number of amides is 1. The molecule has 0 unspecified atom stereocenters. The number of thiocarbonyl (C=S) groups is 1. The largest absolute Gasteiger partial charge is 0.382 e. The number of aryl methyl sites for hydroxylation is 2. The maximum Gasteiger partial charge on any atom is 0.267 e. The van der Waals surface area contributed by atoms with E-state index < -0.39 is 0 Å². The molecule has 1 aliphatic rings. The van der Waals surface area contributed by atoms with Crippen LogP contribution in [0.2, 0.25) is 0 Å². The van der Waals surface area contributed by atoms with Crippen LogP contribution in [0.1, 0.15) is 30.9 Å². The molecule has 0 spiro atoms. The average molecular weight is 513 g/mol. The number of aromatic nitrogens is 4. The highest BCUT2D eigenvalue weighted by molar-refractivity contribution is 8.26. The number of carbonyl (C=O) groups excluding carboxylic acids is 1. The third-order valence-electron chi connectivity index (χ3n) is 5.55. The summed E-state index contributed by atoms with van der Waals surface area (Å²) in [6.07, 6.45) is 10.2. The number of pyridine rings is 1. The number of thioether (sulfide) groups is 1. The quantitative estimate of drug-likeness (QED) is 0.238. The fraction of sp³-hybridized carbons (Fsp3) is 0.375. The normalized spacial score (nSPS) is 15.0. The third-order valence-corrected chi connectivity index (χ3v) is 6.93. The molecule has 0 bridgehead atoms. The molecule has 0 atom stereocenters. The predicted octanol–water partition coefficient (Wildman–Crippen LogP) is 3.33. The monoisotopic (exact) mass is 512 g/mol. The molecule has 0 aliphatic carbocycles. The Hall–Kier alpha value is -3.02. The lowest BCUT2D eigenvalue weighted by Gasteiger charge is -2.14. The minimum absolute atomic E-state index is 0.198. The number of ether oxygens (including phenoxy) is 1. The Labute approximate surface area is 213 Å². The average Bonchev–Trinajstić information content (AvgIpc) is 3.45. The van der Waals surface area contributed by atoms with Gasteiger partial charge in [-0.1, -0.05) is 30.0 Å². The highest BCUT2D eigenvalue weighted by Gasteiger charge is 2.32. The van der Waals surface area contributed by atoms with Crippen LogP contribution in [0, 0.1) is 6.92 Å². The van der Waals surface area contributed by atoms with Gasteiger partial charge >= 0.3 is 0 Å². The standard InChI is InChI=1S/C24H28N6O3S2/c1-3-33-14-6-12-30-23(32)19(35-24(30)34)15-18-20(26-8-5-10-28-13-9-25-16-28)27-21-17(2)7-4-11-29(21)22(18)31/h4,7,9,11,13,15-16,26H,3,5-6,8,10,12,14H2,1-2H3/b19-15-. The SMILES string of the molecule is CCOCCCN1C(=O)/C(=C/c2c(NCCCn3ccnc3)nc3c(C)cccn3c2=O)SC1=S. The fourth-order valence-corrected chi connectivity index (χ4v) is 5.05. The lowest BCUT2D eigenvalue weighted by molar-refractivity contribution is -0.122. The Kier molecular flexibility index (Phi) is 8.32. The van der Waals surface area contributed by atoms with Crippen LogP contribution in [-0.2, 0) is 16.1 Å². The van der Waals surface area contributed by atoms with Crippen LogP contribution in [0.15, 0.2) is 46.8 Å². The second kappa shape index (κ2) is 11.6. The van der Waals surface area contributed by atoms with E-state index in [2.05, 4.69) is 10.3 Å². The zero-order chi connectivity index (χ0) is 24.8. The van der Waals surface area contributed by atoms with Gasteiger partial charge in [-0.05, 0) is 44.4 Å². The molecule has 0 saturated carbocycles. The van der Waals surface area contributed by atoms with E-state index in [1.54, 1.807) is 29.7 Å². The first-order valence-corrected chi connectivity index (χ1v) is 12.8. The van der Waals surface area contributed by atoms with Gasteiger partial charge in [0.2, 0.25) is 0 Å². The van der Waals surface area contributed by atoms with Crippen molar-refractivity contribution < 1.29 is 9.53 Å². The van der Waals surface area contributed by atoms with Crippen molar-refractivity contribution in [3.8, 4) is 0 Å². The molecule has 0 radical (unpaired) electrons. The number of carbonyl (C=O) groups is 1. The molecule has 11 heteroatoms. The molecular formula is C24H28N6O3S2. The van der Waals surface area contributed by atoms with Crippen molar-refractivity contribution in [2.75, 3.05) is 31.6 Å². The zero-order valence-corrected chi connectivity index (χ0v) is 21.4. The maximum absolute atomic E-state index is 13.5. The first kappa shape index (κ1) is 25.1. The second-order valence-electron chi connectivity index (χ2n) is 8.03. The molecule has 1 aliphatic heterocycles. The number of rotatable bonds is 11. The van der Waals surface area contributed by atoms with Gasteiger partial charge in [-0.15, -0.1) is 0 Å². The van der Waals surface area contributed by atoms with Gasteiger partial charge in [-0.2, -0.15) is 0 Å². The molecule has 1 amide bonds. The van der Waals surface area contributed by atoms with Crippen LogP contribution in [0.25, 0.3) is 11.7 Å². The van der Waals surface area contributed by atoms with Gasteiger partial charge in [-0.3, -0.25) is 18.9 Å². The molecule has 4 heterocycles. The van der Waals surface area contributed by atoms with Gasteiger partial charge < -0.3 is 14.6 Å². The Morgan fingerprint density at radius 3 is 2.86 bits per heavy atom. The molecule has 35 heavy (non-hydrogen) atoms. The Balaban J connectivity index is 1.61. The van der Waals surface area contributed by atoms with E-state index in [1.807, 2.05) is 36.7 Å². The molecule has 184 valence electrons. The van der Waals surface area contributed by atoms with Crippen LogP contribution < -0.4 is 10.9 Å². The number of hydrogen-bond acceptors (Lipinski definition) is 8. The van der Waals surface area contributed by atoms with E-state index in [0.29, 0.717) is 59.0 Å². The van der Waals surface area contributed by atoms with Crippen LogP contribution in [-0.4, -0.2) is 60.4 Å². The van der Waals surface area contributed by atoms with E-state index >= 15 is 0 Å². The molecule has 4 rings (SSSR count). The zero-order valence-electron chi connectivity index (χ0n) is 19.8. The van der Waals surface area contributed by atoms with Gasteiger partial charge in [0.25, 0.3) is 11.5 Å². The molecular weight excluding hydrogens is 484 g/mol. The Morgan fingerprint density at radius 1 is 1.23 bits per heavy atom. The summed E-state index contributed by atoms with van der Waals surface area (Å²) in [5.74, 6) is 0.257. The molecule has 1 saturated heterocycles. The van der Waals surface area contributed by atoms with E-state index in [0.717, 1.165) is 18.5 Å². The van der Waals surface area contributed by atoms with Gasteiger partial charge in [-0.25, -0.2) is 9.97 Å². The number of anilines is 1. The molecule has 3 aromatic heterocycles. The molecule has 1 fully saturated rings. The van der Waals surface area contributed by atoms with Crippen LogP contribution in [0.4, 0.5) is 5.82 Å². The minimum atomic E-state index is -0.238. The van der Waals surface area contributed by atoms with Crippen molar-refractivity contribution in [3.63, 3.8) is 0 Å². The summed E-state index contributed by atoms with van der Waals surface area (Å²) in [5, 5.41) is 3.31. The Bertz CT molecular complexity index is 1300. The summed E-state index contributed by atoms with van der Waals surface area (Å²) in [4.78, 5) is 37.3. The molecule has 1 N–H and O–H groups in total. The first-order chi connectivity index (χ1) is 17.0. The van der Waals surface area contributed by atoms with Crippen molar-refractivity contribution in [2.45, 2.75) is 33.2 Å². The van der Waals surface area contributed by atoms with E-state index in [-0.39, 0.29) is 11.5 Å². The number of hydrogen-bond donors (Lipinski definition) is 1. The van der Waals surface area contributed by atoms with Crippen molar-refractivity contribution in [2.24, 2.45) is 0 Å². The summed E-state index contributed by atoms with van der Waals surface area (Å²) in [6.45, 7) is 6.92.